The molecule has 3 nitrogen and oxygen atoms in total. The van der Waals surface area contributed by atoms with Crippen molar-refractivity contribution in [3.05, 3.63) is 28.2 Å². The lowest BCUT2D eigenvalue weighted by Crippen LogP contribution is -2.13. The van der Waals surface area contributed by atoms with E-state index in [1.54, 1.807) is 12.1 Å². The Morgan fingerprint density at radius 1 is 1.53 bits per heavy atom. The van der Waals surface area contributed by atoms with Crippen LogP contribution in [0.25, 0.3) is 0 Å². The Labute approximate surface area is 97.3 Å². The van der Waals surface area contributed by atoms with Crippen LogP contribution in [0.3, 0.4) is 0 Å². The predicted octanol–water partition coefficient (Wildman–Crippen LogP) is 3.18. The van der Waals surface area contributed by atoms with Crippen LogP contribution in [0, 0.1) is 12.3 Å². The van der Waals surface area contributed by atoms with Crippen molar-refractivity contribution in [2.75, 3.05) is 11.9 Å². The molecule has 0 fully saturated rings. The van der Waals surface area contributed by atoms with Gasteiger partial charge in [-0.2, -0.15) is 0 Å². The van der Waals surface area contributed by atoms with Crippen molar-refractivity contribution < 1.29 is 9.53 Å². The molecule has 0 heterocycles. The van der Waals surface area contributed by atoms with Gasteiger partial charge in [0.1, 0.15) is 0 Å². The monoisotopic (exact) mass is 243 g/mol. The van der Waals surface area contributed by atoms with E-state index in [2.05, 4.69) is 16.0 Å². The molecule has 0 spiro atoms. The summed E-state index contributed by atoms with van der Waals surface area (Å²) in [7, 11) is 0. The minimum Gasteiger partial charge on any atom is -0.436 e. The molecule has 0 unspecified atom stereocenters. The highest BCUT2D eigenvalue weighted by molar-refractivity contribution is 6.36. The van der Waals surface area contributed by atoms with Gasteiger partial charge >= 0.3 is 6.09 Å². The average Bonchev–Trinajstić information content (AvgIpc) is 2.19. The van der Waals surface area contributed by atoms with Gasteiger partial charge in [0, 0.05) is 5.02 Å². The molecule has 0 aliphatic carbocycles. The molecular weight excluding hydrogens is 237 g/mol. The van der Waals surface area contributed by atoms with Gasteiger partial charge in [0.25, 0.3) is 0 Å². The zero-order chi connectivity index (χ0) is 11.3. The number of hydrogen-bond acceptors (Lipinski definition) is 2. The molecular formula is C10H7Cl2NO2. The van der Waals surface area contributed by atoms with E-state index in [0.29, 0.717) is 15.7 Å². The Balaban J connectivity index is 2.65. The van der Waals surface area contributed by atoms with Crippen LogP contribution >= 0.6 is 23.2 Å². The van der Waals surface area contributed by atoms with Gasteiger partial charge in [-0.15, -0.1) is 6.42 Å². The Morgan fingerprint density at radius 3 is 2.87 bits per heavy atom. The number of nitrogens with one attached hydrogen (secondary N) is 1. The molecule has 0 bridgehead atoms. The molecule has 5 heteroatoms. The second kappa shape index (κ2) is 5.50. The van der Waals surface area contributed by atoms with Crippen molar-refractivity contribution in [3.63, 3.8) is 0 Å². The van der Waals surface area contributed by atoms with Crippen molar-refractivity contribution >= 4 is 35.0 Å². The number of amides is 1. The molecule has 0 aromatic heterocycles. The van der Waals surface area contributed by atoms with E-state index in [-0.39, 0.29) is 6.61 Å². The van der Waals surface area contributed by atoms with Gasteiger partial charge in [0.15, 0.2) is 6.61 Å². The Bertz CT molecular complexity index is 412. The minimum atomic E-state index is -0.655. The number of hydrogen-bond donors (Lipinski definition) is 1. The molecule has 1 aromatic rings. The summed E-state index contributed by atoms with van der Waals surface area (Å²) in [6.45, 7) is -0.0863. The van der Waals surface area contributed by atoms with Gasteiger partial charge in [-0.1, -0.05) is 29.1 Å². The van der Waals surface area contributed by atoms with Crippen molar-refractivity contribution in [1.82, 2.24) is 0 Å². The van der Waals surface area contributed by atoms with Crippen molar-refractivity contribution in [1.29, 1.82) is 0 Å². The fourth-order valence-electron chi connectivity index (χ4n) is 0.844. The highest BCUT2D eigenvalue weighted by atomic mass is 35.5. The number of ether oxygens (including phenoxy) is 1. The van der Waals surface area contributed by atoms with Crippen LogP contribution in [0.5, 0.6) is 0 Å². The summed E-state index contributed by atoms with van der Waals surface area (Å²) >= 11 is 11.5. The number of carbonyl (C=O) groups excluding carboxylic acids is 1. The summed E-state index contributed by atoms with van der Waals surface area (Å²) in [6, 6.07) is 4.69. The van der Waals surface area contributed by atoms with Crippen LogP contribution in [0.2, 0.25) is 10.0 Å². The first kappa shape index (κ1) is 11.7. The fourth-order valence-corrected chi connectivity index (χ4v) is 1.30. The smallest absolute Gasteiger partial charge is 0.412 e. The maximum atomic E-state index is 11.1. The first-order chi connectivity index (χ1) is 7.13. The Morgan fingerprint density at radius 2 is 2.27 bits per heavy atom. The van der Waals surface area contributed by atoms with E-state index >= 15 is 0 Å². The van der Waals surface area contributed by atoms with Crippen LogP contribution in [0.1, 0.15) is 0 Å². The largest absolute Gasteiger partial charge is 0.436 e. The quantitative estimate of drug-likeness (QED) is 0.811. The number of halogens is 2. The molecule has 0 saturated carbocycles. The average molecular weight is 244 g/mol. The molecule has 0 aliphatic heterocycles. The molecule has 1 N–H and O–H groups in total. The molecule has 15 heavy (non-hydrogen) atoms. The lowest BCUT2D eigenvalue weighted by atomic mass is 10.3. The van der Waals surface area contributed by atoms with Crippen LogP contribution in [-0.2, 0) is 4.74 Å². The third kappa shape index (κ3) is 3.70. The van der Waals surface area contributed by atoms with E-state index in [1.165, 1.54) is 6.07 Å². The van der Waals surface area contributed by atoms with Crippen molar-refractivity contribution in [2.24, 2.45) is 0 Å². The first-order valence-corrected chi connectivity index (χ1v) is 4.71. The lowest BCUT2D eigenvalue weighted by Gasteiger charge is -2.06. The molecule has 1 aromatic carbocycles. The van der Waals surface area contributed by atoms with E-state index in [4.69, 9.17) is 29.6 Å². The summed E-state index contributed by atoms with van der Waals surface area (Å²) in [6.07, 6.45) is 4.27. The van der Waals surface area contributed by atoms with Crippen LogP contribution in [-0.4, -0.2) is 12.7 Å². The van der Waals surface area contributed by atoms with Gasteiger partial charge < -0.3 is 4.74 Å². The third-order valence-corrected chi connectivity index (χ3v) is 2.00. The fraction of sp³-hybridized carbons (Fsp3) is 0.100. The number of terminal acetylenes is 1. The van der Waals surface area contributed by atoms with Gasteiger partial charge in [-0.3, -0.25) is 5.32 Å². The summed E-state index contributed by atoms with van der Waals surface area (Å²) < 4.78 is 4.60. The molecule has 1 amide bonds. The molecule has 0 radical (unpaired) electrons. The number of rotatable bonds is 2. The normalized spacial score (nSPS) is 9.13. The Kier molecular flexibility index (Phi) is 4.29. The highest BCUT2D eigenvalue weighted by Crippen LogP contribution is 2.25. The number of carbonyl (C=O) groups is 1. The van der Waals surface area contributed by atoms with Gasteiger partial charge in [0.2, 0.25) is 0 Å². The van der Waals surface area contributed by atoms with E-state index in [1.807, 2.05) is 0 Å². The maximum Gasteiger partial charge on any atom is 0.412 e. The highest BCUT2D eigenvalue weighted by Gasteiger charge is 2.06. The predicted molar refractivity (Wildman–Crippen MR) is 60.3 cm³/mol. The second-order valence-electron chi connectivity index (χ2n) is 2.53. The van der Waals surface area contributed by atoms with Crippen molar-refractivity contribution in [2.45, 2.75) is 0 Å². The van der Waals surface area contributed by atoms with E-state index in [0.717, 1.165) is 0 Å². The zero-order valence-electron chi connectivity index (χ0n) is 7.59. The summed E-state index contributed by atoms with van der Waals surface area (Å²) in [4.78, 5) is 11.1. The summed E-state index contributed by atoms with van der Waals surface area (Å²) in [5.41, 5.74) is 0.420. The molecule has 0 aliphatic rings. The van der Waals surface area contributed by atoms with Crippen LogP contribution < -0.4 is 5.32 Å². The number of anilines is 1. The topological polar surface area (TPSA) is 38.3 Å². The summed E-state index contributed by atoms with van der Waals surface area (Å²) in [5, 5.41) is 3.25. The standard InChI is InChI=1S/C10H7Cl2NO2/c1-2-5-15-10(14)13-9-4-3-7(11)6-8(9)12/h1,3-4,6H,5H2,(H,13,14). The number of benzene rings is 1. The Hall–Kier alpha value is -1.37. The van der Waals surface area contributed by atoms with Crippen molar-refractivity contribution in [3.8, 4) is 12.3 Å². The van der Waals surface area contributed by atoms with E-state index in [9.17, 15) is 4.79 Å². The first-order valence-electron chi connectivity index (χ1n) is 3.96. The zero-order valence-corrected chi connectivity index (χ0v) is 9.10. The molecule has 0 atom stereocenters. The van der Waals surface area contributed by atoms with Crippen LogP contribution in [0.4, 0.5) is 10.5 Å². The molecule has 0 saturated heterocycles. The molecule has 1 rings (SSSR count). The van der Waals surface area contributed by atoms with Gasteiger partial charge in [0.05, 0.1) is 10.7 Å². The van der Waals surface area contributed by atoms with E-state index < -0.39 is 6.09 Å². The summed E-state index contributed by atoms with van der Waals surface area (Å²) in [5.74, 6) is 2.17. The minimum absolute atomic E-state index is 0.0863. The molecule has 78 valence electrons. The van der Waals surface area contributed by atoms with Crippen LogP contribution in [0.15, 0.2) is 18.2 Å². The third-order valence-electron chi connectivity index (χ3n) is 1.45. The maximum absolute atomic E-state index is 11.1. The SMILES string of the molecule is C#CCOC(=O)Nc1ccc(Cl)cc1Cl. The van der Waals surface area contributed by atoms with Gasteiger partial charge in [-0.25, -0.2) is 4.79 Å². The lowest BCUT2D eigenvalue weighted by molar-refractivity contribution is 0.176. The second-order valence-corrected chi connectivity index (χ2v) is 3.37. The van der Waals surface area contributed by atoms with Gasteiger partial charge in [-0.05, 0) is 18.2 Å².